The summed E-state index contributed by atoms with van der Waals surface area (Å²) >= 11 is 0. The highest BCUT2D eigenvalue weighted by Crippen LogP contribution is 2.54. The van der Waals surface area contributed by atoms with Gasteiger partial charge in [0.2, 0.25) is 5.91 Å². The molecule has 25 heavy (non-hydrogen) atoms. The number of anilines is 2. The highest BCUT2D eigenvalue weighted by atomic mass is 16.5. The Kier molecular flexibility index (Phi) is 3.86. The standard InChI is InChI=1S/C18H27N5O2/c1-18(2)16(12-5-8-25-17(12)18)22(4)13-9-14(20-11-19-13)23-7-6-21(3)15(24)10-23/h9,11-12,16-17H,5-8,10H2,1-4H3. The van der Waals surface area contributed by atoms with Crippen LogP contribution in [0.2, 0.25) is 0 Å². The summed E-state index contributed by atoms with van der Waals surface area (Å²) in [7, 11) is 3.96. The van der Waals surface area contributed by atoms with Crippen LogP contribution < -0.4 is 9.80 Å². The van der Waals surface area contributed by atoms with Crippen LogP contribution in [0.15, 0.2) is 12.4 Å². The van der Waals surface area contributed by atoms with Crippen LogP contribution in [0, 0.1) is 11.3 Å². The predicted molar refractivity (Wildman–Crippen MR) is 95.7 cm³/mol. The molecule has 3 atom stereocenters. The number of piperazine rings is 1. The average molecular weight is 345 g/mol. The van der Waals surface area contributed by atoms with E-state index >= 15 is 0 Å². The maximum absolute atomic E-state index is 12.0. The van der Waals surface area contributed by atoms with Gasteiger partial charge in [-0.2, -0.15) is 0 Å². The second-order valence-electron chi connectivity index (χ2n) is 8.09. The lowest BCUT2D eigenvalue weighted by Crippen LogP contribution is -2.66. The number of nitrogens with zero attached hydrogens (tertiary/aromatic N) is 5. The first-order chi connectivity index (χ1) is 11.9. The van der Waals surface area contributed by atoms with Crippen molar-refractivity contribution < 1.29 is 9.53 Å². The molecular weight excluding hydrogens is 318 g/mol. The highest BCUT2D eigenvalue weighted by molar-refractivity contribution is 5.82. The van der Waals surface area contributed by atoms with Gasteiger partial charge in [-0.05, 0) is 6.42 Å². The van der Waals surface area contributed by atoms with E-state index in [4.69, 9.17) is 4.74 Å². The molecule has 0 radical (unpaired) electrons. The number of aromatic nitrogens is 2. The Hall–Kier alpha value is -1.89. The minimum Gasteiger partial charge on any atom is -0.377 e. The Morgan fingerprint density at radius 1 is 1.32 bits per heavy atom. The average Bonchev–Trinajstić information content (AvgIpc) is 3.03. The Bertz CT molecular complexity index is 679. The van der Waals surface area contributed by atoms with Gasteiger partial charge in [0.15, 0.2) is 0 Å². The molecule has 136 valence electrons. The number of likely N-dealkylation sites (N-methyl/N-ethyl adjacent to an activating group) is 1. The van der Waals surface area contributed by atoms with Gasteiger partial charge in [-0.15, -0.1) is 0 Å². The second kappa shape index (κ2) is 5.83. The van der Waals surface area contributed by atoms with E-state index in [1.54, 1.807) is 11.2 Å². The van der Waals surface area contributed by atoms with Crippen molar-refractivity contribution in [2.24, 2.45) is 11.3 Å². The van der Waals surface area contributed by atoms with Crippen LogP contribution in [0.5, 0.6) is 0 Å². The minimum atomic E-state index is 0.116. The number of carbonyl (C=O) groups excluding carboxylic acids is 1. The molecule has 2 aliphatic heterocycles. The number of carbonyl (C=O) groups is 1. The fourth-order valence-electron chi connectivity index (χ4n) is 4.88. The zero-order valence-electron chi connectivity index (χ0n) is 15.5. The van der Waals surface area contributed by atoms with E-state index in [0.29, 0.717) is 24.6 Å². The molecule has 1 saturated carbocycles. The summed E-state index contributed by atoms with van der Waals surface area (Å²) in [5, 5.41) is 0. The Morgan fingerprint density at radius 2 is 2.12 bits per heavy atom. The number of ether oxygens (including phenoxy) is 1. The van der Waals surface area contributed by atoms with Gasteiger partial charge in [-0.25, -0.2) is 9.97 Å². The van der Waals surface area contributed by atoms with Crippen LogP contribution in [-0.4, -0.2) is 73.3 Å². The monoisotopic (exact) mass is 345 g/mol. The SMILES string of the molecule is CN1CCN(c2cc(N(C)C3C4CCOC4C3(C)C)ncn2)CC1=O. The molecule has 0 N–H and O–H groups in total. The first kappa shape index (κ1) is 16.6. The van der Waals surface area contributed by atoms with Gasteiger partial charge >= 0.3 is 0 Å². The van der Waals surface area contributed by atoms with Gasteiger partial charge in [-0.3, -0.25) is 4.79 Å². The smallest absolute Gasteiger partial charge is 0.241 e. The van der Waals surface area contributed by atoms with Crippen molar-refractivity contribution in [1.29, 1.82) is 0 Å². The summed E-state index contributed by atoms with van der Waals surface area (Å²) in [6, 6.07) is 2.43. The first-order valence-corrected chi connectivity index (χ1v) is 9.05. The van der Waals surface area contributed by atoms with Gasteiger partial charge in [0.05, 0.1) is 12.6 Å². The molecule has 4 rings (SSSR count). The third-order valence-corrected chi connectivity index (χ3v) is 6.24. The van der Waals surface area contributed by atoms with Crippen molar-refractivity contribution in [3.8, 4) is 0 Å². The Labute approximate surface area is 149 Å². The van der Waals surface area contributed by atoms with Crippen molar-refractivity contribution in [2.45, 2.75) is 32.4 Å². The fraction of sp³-hybridized carbons (Fsp3) is 0.722. The van der Waals surface area contributed by atoms with E-state index in [0.717, 1.165) is 37.8 Å². The molecule has 0 bridgehead atoms. The van der Waals surface area contributed by atoms with Gasteiger partial charge in [0.25, 0.3) is 0 Å². The molecular formula is C18H27N5O2. The Morgan fingerprint density at radius 3 is 2.88 bits per heavy atom. The number of hydrogen-bond donors (Lipinski definition) is 0. The van der Waals surface area contributed by atoms with E-state index < -0.39 is 0 Å². The van der Waals surface area contributed by atoms with E-state index in [2.05, 4.69) is 35.8 Å². The fourth-order valence-corrected chi connectivity index (χ4v) is 4.88. The highest BCUT2D eigenvalue weighted by Gasteiger charge is 2.61. The van der Waals surface area contributed by atoms with Crippen LogP contribution in [0.3, 0.4) is 0 Å². The Balaban J connectivity index is 1.54. The van der Waals surface area contributed by atoms with Gasteiger partial charge in [0.1, 0.15) is 18.0 Å². The van der Waals surface area contributed by atoms with Crippen molar-refractivity contribution >= 4 is 17.5 Å². The molecule has 2 saturated heterocycles. The topological polar surface area (TPSA) is 61.8 Å². The van der Waals surface area contributed by atoms with E-state index in [1.165, 1.54) is 0 Å². The molecule has 3 aliphatic rings. The van der Waals surface area contributed by atoms with Gasteiger partial charge < -0.3 is 19.4 Å². The molecule has 1 aromatic heterocycles. The zero-order valence-corrected chi connectivity index (χ0v) is 15.5. The summed E-state index contributed by atoms with van der Waals surface area (Å²) in [6.45, 7) is 7.33. The molecule has 3 unspecified atom stereocenters. The zero-order chi connectivity index (χ0) is 17.8. The molecule has 7 nitrogen and oxygen atoms in total. The van der Waals surface area contributed by atoms with Crippen molar-refractivity contribution in [3.05, 3.63) is 12.4 Å². The quantitative estimate of drug-likeness (QED) is 0.815. The van der Waals surface area contributed by atoms with E-state index in [9.17, 15) is 4.79 Å². The van der Waals surface area contributed by atoms with Crippen molar-refractivity contribution in [2.75, 3.05) is 50.1 Å². The lowest BCUT2D eigenvalue weighted by Gasteiger charge is -2.58. The number of rotatable bonds is 3. The second-order valence-corrected chi connectivity index (χ2v) is 8.09. The van der Waals surface area contributed by atoms with Crippen molar-refractivity contribution in [3.63, 3.8) is 0 Å². The van der Waals surface area contributed by atoms with Crippen LogP contribution in [0.4, 0.5) is 11.6 Å². The molecule has 7 heteroatoms. The number of hydrogen-bond acceptors (Lipinski definition) is 6. The van der Waals surface area contributed by atoms with Crippen LogP contribution in [0.1, 0.15) is 20.3 Å². The minimum absolute atomic E-state index is 0.116. The van der Waals surface area contributed by atoms with Gasteiger partial charge in [0, 0.05) is 57.2 Å². The number of fused-ring (bicyclic) bond motifs is 1. The lowest BCUT2D eigenvalue weighted by atomic mass is 9.57. The molecule has 1 aromatic rings. The summed E-state index contributed by atoms with van der Waals surface area (Å²) < 4.78 is 5.91. The summed E-state index contributed by atoms with van der Waals surface area (Å²) in [5.74, 6) is 2.45. The summed E-state index contributed by atoms with van der Waals surface area (Å²) in [6.07, 6.45) is 3.09. The molecule has 3 heterocycles. The lowest BCUT2D eigenvalue weighted by molar-refractivity contribution is -0.129. The third-order valence-electron chi connectivity index (χ3n) is 6.24. The number of amides is 1. The molecule has 0 aromatic carbocycles. The first-order valence-electron chi connectivity index (χ1n) is 9.05. The largest absolute Gasteiger partial charge is 0.377 e. The molecule has 1 aliphatic carbocycles. The maximum atomic E-state index is 12.0. The third kappa shape index (κ3) is 2.56. The normalized spacial score (nSPS) is 30.9. The summed E-state index contributed by atoms with van der Waals surface area (Å²) in [4.78, 5) is 27.0. The van der Waals surface area contributed by atoms with Gasteiger partial charge in [-0.1, -0.05) is 13.8 Å². The van der Waals surface area contributed by atoms with Crippen LogP contribution in [0.25, 0.3) is 0 Å². The van der Waals surface area contributed by atoms with E-state index in [1.807, 2.05) is 18.0 Å². The van der Waals surface area contributed by atoms with Crippen LogP contribution in [-0.2, 0) is 9.53 Å². The van der Waals surface area contributed by atoms with E-state index in [-0.39, 0.29) is 11.3 Å². The maximum Gasteiger partial charge on any atom is 0.241 e. The molecule has 1 amide bonds. The molecule has 3 fully saturated rings. The van der Waals surface area contributed by atoms with Crippen molar-refractivity contribution in [1.82, 2.24) is 14.9 Å². The summed E-state index contributed by atoms with van der Waals surface area (Å²) in [5.41, 5.74) is 0.116. The predicted octanol–water partition coefficient (Wildman–Crippen LogP) is 1.00. The van der Waals surface area contributed by atoms with Crippen LogP contribution >= 0.6 is 0 Å². The molecule has 0 spiro atoms.